The van der Waals surface area contributed by atoms with Crippen molar-refractivity contribution in [1.29, 1.82) is 0 Å². The number of carbonyl (C=O) groups excluding carboxylic acids is 1. The Morgan fingerprint density at radius 3 is 2.56 bits per heavy atom. The molecule has 3 aliphatic heterocycles. The number of fused-ring (bicyclic) bond motifs is 1. The van der Waals surface area contributed by atoms with E-state index in [0.29, 0.717) is 65.6 Å². The Labute approximate surface area is 235 Å². The number of hydrogen-bond donors (Lipinski definition) is 0. The lowest BCUT2D eigenvalue weighted by Gasteiger charge is -2.37. The number of thioether (sulfide) groups is 1. The second kappa shape index (κ2) is 10.7. The van der Waals surface area contributed by atoms with E-state index in [0.717, 1.165) is 24.1 Å². The Morgan fingerprint density at radius 1 is 1.10 bits per heavy atom. The Bertz CT molecular complexity index is 1530. The standard InChI is InChI=1S/C28H28FN5O3S2/c1-18-4-9-24-30-25(32-12-10-31(11-13-32)20-7-5-19(29)6-8-20)22(26(35)33(24)16-18)15-23-27(36)34(28(38)39-23)17-21-3-2-14-37-21/h4-9,15-16,21H,2-3,10-14,17H2,1H3/b23-15+/t21-/m1/s1. The van der Waals surface area contributed by atoms with Gasteiger partial charge in [0, 0.05) is 44.7 Å². The lowest BCUT2D eigenvalue weighted by molar-refractivity contribution is -0.123. The van der Waals surface area contributed by atoms with Crippen LogP contribution in [0.25, 0.3) is 11.7 Å². The molecular formula is C28H28FN5O3S2. The topological polar surface area (TPSA) is 70.4 Å². The summed E-state index contributed by atoms with van der Waals surface area (Å²) >= 11 is 6.74. The third-order valence-electron chi connectivity index (χ3n) is 7.32. The molecule has 0 unspecified atom stereocenters. The van der Waals surface area contributed by atoms with Crippen molar-refractivity contribution in [2.75, 3.05) is 49.1 Å². The van der Waals surface area contributed by atoms with E-state index >= 15 is 0 Å². The quantitative estimate of drug-likeness (QED) is 0.342. The van der Waals surface area contributed by atoms with Gasteiger partial charge in [0.05, 0.1) is 23.1 Å². The molecule has 0 saturated carbocycles. The molecule has 3 fully saturated rings. The first-order chi connectivity index (χ1) is 18.9. The summed E-state index contributed by atoms with van der Waals surface area (Å²) in [5.41, 5.74) is 2.56. The molecule has 3 aromatic rings. The lowest BCUT2D eigenvalue weighted by Crippen LogP contribution is -2.47. The molecule has 0 spiro atoms. The summed E-state index contributed by atoms with van der Waals surface area (Å²) in [7, 11) is 0. The third kappa shape index (κ3) is 5.18. The van der Waals surface area contributed by atoms with Crippen molar-refractivity contribution in [3.63, 3.8) is 0 Å². The summed E-state index contributed by atoms with van der Waals surface area (Å²) in [6.07, 6.45) is 5.28. The summed E-state index contributed by atoms with van der Waals surface area (Å²) in [5, 5.41) is 0. The Hall–Kier alpha value is -3.28. The summed E-state index contributed by atoms with van der Waals surface area (Å²) < 4.78 is 21.1. The molecule has 2 aromatic heterocycles. The number of pyridine rings is 1. The van der Waals surface area contributed by atoms with Crippen LogP contribution in [0.5, 0.6) is 0 Å². The third-order valence-corrected chi connectivity index (χ3v) is 8.69. The number of nitrogens with zero attached hydrogens (tertiary/aromatic N) is 5. The van der Waals surface area contributed by atoms with E-state index < -0.39 is 0 Å². The van der Waals surface area contributed by atoms with Crippen molar-refractivity contribution in [3.05, 3.63) is 74.8 Å². The molecule has 0 bridgehead atoms. The normalized spacial score (nSPS) is 21.1. The van der Waals surface area contributed by atoms with E-state index in [1.807, 2.05) is 19.1 Å². The van der Waals surface area contributed by atoms with Crippen molar-refractivity contribution in [3.8, 4) is 0 Å². The minimum absolute atomic E-state index is 0.0178. The zero-order chi connectivity index (χ0) is 27.1. The minimum atomic E-state index is -0.265. The maximum Gasteiger partial charge on any atom is 0.267 e. The van der Waals surface area contributed by atoms with Gasteiger partial charge in [0.2, 0.25) is 0 Å². The van der Waals surface area contributed by atoms with Gasteiger partial charge < -0.3 is 14.5 Å². The molecule has 39 heavy (non-hydrogen) atoms. The number of anilines is 2. The van der Waals surface area contributed by atoms with E-state index in [1.165, 1.54) is 28.3 Å². The van der Waals surface area contributed by atoms with Crippen LogP contribution in [0.1, 0.15) is 24.0 Å². The fraction of sp³-hybridized carbons (Fsp3) is 0.357. The van der Waals surface area contributed by atoms with E-state index in [1.54, 1.807) is 29.3 Å². The molecule has 3 saturated heterocycles. The maximum atomic E-state index is 13.8. The summed E-state index contributed by atoms with van der Waals surface area (Å²) in [4.78, 5) is 38.3. The summed E-state index contributed by atoms with van der Waals surface area (Å²) in [5.74, 6) is 0.0765. The van der Waals surface area contributed by atoms with Crippen molar-refractivity contribution in [2.45, 2.75) is 25.9 Å². The van der Waals surface area contributed by atoms with Crippen LogP contribution in [0.2, 0.25) is 0 Å². The van der Waals surface area contributed by atoms with Gasteiger partial charge in [0.15, 0.2) is 0 Å². The van der Waals surface area contributed by atoms with E-state index in [2.05, 4.69) is 9.80 Å². The zero-order valence-corrected chi connectivity index (χ0v) is 23.1. The summed E-state index contributed by atoms with van der Waals surface area (Å²) in [6.45, 7) is 5.65. The van der Waals surface area contributed by atoms with Gasteiger partial charge >= 0.3 is 0 Å². The van der Waals surface area contributed by atoms with Crippen molar-refractivity contribution >= 4 is 57.4 Å². The van der Waals surface area contributed by atoms with Crippen LogP contribution in [0, 0.1) is 12.7 Å². The second-order valence-corrected chi connectivity index (χ2v) is 11.6. The van der Waals surface area contributed by atoms with Gasteiger partial charge in [-0.1, -0.05) is 30.0 Å². The fourth-order valence-electron chi connectivity index (χ4n) is 5.22. The van der Waals surface area contributed by atoms with Crippen molar-refractivity contribution in [2.24, 2.45) is 0 Å². The van der Waals surface area contributed by atoms with Gasteiger partial charge in [0.25, 0.3) is 11.5 Å². The highest BCUT2D eigenvalue weighted by molar-refractivity contribution is 8.26. The van der Waals surface area contributed by atoms with Gasteiger partial charge in [-0.2, -0.15) is 0 Å². The van der Waals surface area contributed by atoms with Gasteiger partial charge in [-0.15, -0.1) is 0 Å². The van der Waals surface area contributed by atoms with Crippen LogP contribution in [0.15, 0.2) is 52.3 Å². The number of halogens is 1. The number of amides is 1. The van der Waals surface area contributed by atoms with Crippen LogP contribution >= 0.6 is 24.0 Å². The molecule has 3 aliphatic rings. The maximum absolute atomic E-state index is 13.8. The smallest absolute Gasteiger partial charge is 0.267 e. The van der Waals surface area contributed by atoms with Crippen LogP contribution in [-0.2, 0) is 9.53 Å². The Balaban J connectivity index is 1.33. The molecule has 0 radical (unpaired) electrons. The average molecular weight is 566 g/mol. The first kappa shape index (κ1) is 26.0. The first-order valence-corrected chi connectivity index (χ1v) is 14.3. The van der Waals surface area contributed by atoms with E-state index in [-0.39, 0.29) is 23.4 Å². The number of rotatable bonds is 5. The van der Waals surface area contributed by atoms with Gasteiger partial charge in [-0.3, -0.25) is 18.9 Å². The molecule has 0 N–H and O–H groups in total. The highest BCUT2D eigenvalue weighted by atomic mass is 32.2. The molecule has 1 aromatic carbocycles. The molecule has 5 heterocycles. The SMILES string of the molecule is Cc1ccc2nc(N3CCN(c4ccc(F)cc4)CC3)c(/C=C3/SC(=S)N(C[C@H]4CCCO4)C3=O)c(=O)n2c1. The molecular weight excluding hydrogens is 537 g/mol. The molecule has 1 atom stereocenters. The molecule has 11 heteroatoms. The number of aromatic nitrogens is 2. The number of piperazine rings is 1. The Morgan fingerprint density at radius 2 is 1.85 bits per heavy atom. The number of aryl methyl sites for hydroxylation is 1. The molecule has 202 valence electrons. The fourth-order valence-corrected chi connectivity index (χ4v) is 6.48. The summed E-state index contributed by atoms with van der Waals surface area (Å²) in [6, 6.07) is 10.2. The first-order valence-electron chi connectivity index (χ1n) is 13.0. The van der Waals surface area contributed by atoms with Crippen LogP contribution < -0.4 is 15.4 Å². The number of thiocarbonyl (C=S) groups is 1. The number of carbonyl (C=O) groups is 1. The average Bonchev–Trinajstić information content (AvgIpc) is 3.55. The highest BCUT2D eigenvalue weighted by Gasteiger charge is 2.35. The predicted octanol–water partition coefficient (Wildman–Crippen LogP) is 3.85. The van der Waals surface area contributed by atoms with Crippen LogP contribution in [-0.4, -0.2) is 69.9 Å². The van der Waals surface area contributed by atoms with E-state index in [9.17, 15) is 14.0 Å². The van der Waals surface area contributed by atoms with Gasteiger partial charge in [-0.05, 0) is 61.7 Å². The minimum Gasteiger partial charge on any atom is -0.376 e. The van der Waals surface area contributed by atoms with Crippen LogP contribution in [0.3, 0.4) is 0 Å². The molecule has 0 aliphatic carbocycles. The van der Waals surface area contributed by atoms with Gasteiger partial charge in [0.1, 0.15) is 21.6 Å². The molecule has 6 rings (SSSR count). The number of ether oxygens (including phenoxy) is 1. The Kier molecular flexibility index (Phi) is 7.13. The second-order valence-electron chi connectivity index (χ2n) is 9.97. The van der Waals surface area contributed by atoms with Crippen molar-refractivity contribution in [1.82, 2.24) is 14.3 Å². The molecule has 1 amide bonds. The zero-order valence-electron chi connectivity index (χ0n) is 21.5. The predicted molar refractivity (Wildman–Crippen MR) is 156 cm³/mol. The van der Waals surface area contributed by atoms with Crippen LogP contribution in [0.4, 0.5) is 15.9 Å². The number of benzene rings is 1. The monoisotopic (exact) mass is 565 g/mol. The number of hydrogen-bond acceptors (Lipinski definition) is 8. The van der Waals surface area contributed by atoms with E-state index in [4.69, 9.17) is 21.9 Å². The van der Waals surface area contributed by atoms with Crippen molar-refractivity contribution < 1.29 is 13.9 Å². The molecule has 8 nitrogen and oxygen atoms in total. The van der Waals surface area contributed by atoms with Gasteiger partial charge in [-0.25, -0.2) is 9.37 Å². The lowest BCUT2D eigenvalue weighted by atomic mass is 10.2. The highest BCUT2D eigenvalue weighted by Crippen LogP contribution is 2.34. The largest absolute Gasteiger partial charge is 0.376 e.